The van der Waals surface area contributed by atoms with Crippen LogP contribution in [0.15, 0.2) is 97.1 Å². The first kappa shape index (κ1) is 16.8. The van der Waals surface area contributed by atoms with Crippen LogP contribution in [-0.2, 0) is 5.41 Å². The van der Waals surface area contributed by atoms with Crippen molar-refractivity contribution in [2.75, 3.05) is 0 Å². The Bertz CT molecular complexity index is 1680. The zero-order valence-electron chi connectivity index (χ0n) is 17.7. The van der Waals surface area contributed by atoms with Gasteiger partial charge in [-0.15, -0.1) is 0 Å². The molecule has 4 aromatic carbocycles. The minimum absolute atomic E-state index is 0.225. The lowest BCUT2D eigenvalue weighted by Gasteiger charge is -2.41. The maximum absolute atomic E-state index is 2.54. The van der Waals surface area contributed by atoms with E-state index in [1.807, 2.05) is 0 Å². The Morgan fingerprint density at radius 3 is 2.03 bits per heavy atom. The highest BCUT2D eigenvalue weighted by atomic mass is 15.0. The summed E-state index contributed by atoms with van der Waals surface area (Å²) in [4.78, 5) is 0. The number of fused-ring (bicyclic) bond motifs is 12. The molecule has 1 spiro atoms. The van der Waals surface area contributed by atoms with Crippen molar-refractivity contribution in [2.24, 2.45) is 0 Å². The maximum Gasteiger partial charge on any atom is 0.0717 e. The minimum atomic E-state index is -0.225. The van der Waals surface area contributed by atoms with Gasteiger partial charge in [0.05, 0.1) is 22.0 Å². The molecule has 2 aliphatic carbocycles. The summed E-state index contributed by atoms with van der Waals surface area (Å²) >= 11 is 0. The smallest absolute Gasteiger partial charge is 0.0717 e. The van der Waals surface area contributed by atoms with Crippen LogP contribution >= 0.6 is 0 Å². The van der Waals surface area contributed by atoms with Gasteiger partial charge in [0.2, 0.25) is 0 Å². The second-order valence-corrected chi connectivity index (χ2v) is 9.19. The molecule has 8 rings (SSSR count). The second kappa shape index (κ2) is 5.69. The fourth-order valence-electron chi connectivity index (χ4n) is 6.86. The largest absolute Gasteiger partial charge is 0.309 e. The standard InChI is InChI=1S/C31H21N/c1-4-14-24-20(10-1)21-11-2-5-15-25(21)31(24)26-16-6-8-19-29(26)32-28-18-7-3-12-22(28)23-13-9-17-27(31)30(23)32/h1-8,10-16,18-19H,9,17H2. The number of benzene rings is 4. The Morgan fingerprint density at radius 1 is 0.625 bits per heavy atom. The fourth-order valence-corrected chi connectivity index (χ4v) is 6.86. The third-order valence-corrected chi connectivity index (χ3v) is 7.90. The molecule has 1 aliphatic heterocycles. The van der Waals surface area contributed by atoms with Gasteiger partial charge in [0.25, 0.3) is 0 Å². The minimum Gasteiger partial charge on any atom is -0.309 e. The van der Waals surface area contributed by atoms with E-state index in [2.05, 4.69) is 108 Å². The summed E-state index contributed by atoms with van der Waals surface area (Å²) in [6.45, 7) is 0. The number of hydrogen-bond acceptors (Lipinski definition) is 0. The monoisotopic (exact) mass is 407 g/mol. The number of aromatic nitrogens is 1. The molecule has 0 amide bonds. The Labute approximate surface area is 186 Å². The SMILES string of the molecule is C1=c2c3n(c4ccccc24)-c2ccccc2C2(C=3CC1)c1ccccc1-c1ccccc12. The van der Waals surface area contributed by atoms with E-state index in [4.69, 9.17) is 0 Å². The predicted molar refractivity (Wildman–Crippen MR) is 131 cm³/mol. The molecule has 0 unspecified atom stereocenters. The lowest BCUT2D eigenvalue weighted by Crippen LogP contribution is -2.46. The van der Waals surface area contributed by atoms with Crippen LogP contribution < -0.4 is 10.6 Å². The summed E-state index contributed by atoms with van der Waals surface area (Å²) in [6, 6.07) is 36.2. The normalized spacial score (nSPS) is 16.3. The third-order valence-electron chi connectivity index (χ3n) is 7.90. The Kier molecular flexibility index (Phi) is 2.99. The van der Waals surface area contributed by atoms with E-state index in [1.54, 1.807) is 5.57 Å². The van der Waals surface area contributed by atoms with Gasteiger partial charge in [-0.3, -0.25) is 0 Å². The van der Waals surface area contributed by atoms with Gasteiger partial charge in [-0.2, -0.15) is 0 Å². The molecule has 0 saturated carbocycles. The van der Waals surface area contributed by atoms with Gasteiger partial charge in [-0.05, 0) is 58.4 Å². The molecule has 5 aromatic rings. The molecule has 0 radical (unpaired) electrons. The Hall–Kier alpha value is -3.84. The Balaban J connectivity index is 1.72. The summed E-state index contributed by atoms with van der Waals surface area (Å²) in [6.07, 6.45) is 4.64. The first-order chi connectivity index (χ1) is 15.9. The zero-order valence-corrected chi connectivity index (χ0v) is 17.7. The lowest BCUT2D eigenvalue weighted by atomic mass is 9.64. The van der Waals surface area contributed by atoms with E-state index in [0.717, 1.165) is 12.8 Å². The van der Waals surface area contributed by atoms with E-state index in [1.165, 1.54) is 55.0 Å². The van der Waals surface area contributed by atoms with Gasteiger partial charge in [0.15, 0.2) is 0 Å². The molecule has 1 aromatic heterocycles. The topological polar surface area (TPSA) is 4.93 Å². The molecule has 0 fully saturated rings. The summed E-state index contributed by atoms with van der Waals surface area (Å²) < 4.78 is 2.54. The molecule has 1 nitrogen and oxygen atoms in total. The average molecular weight is 408 g/mol. The lowest BCUT2D eigenvalue weighted by molar-refractivity contribution is 0.734. The van der Waals surface area contributed by atoms with E-state index in [-0.39, 0.29) is 5.41 Å². The average Bonchev–Trinajstić information content (AvgIpc) is 3.35. The molecule has 1 heteroatoms. The van der Waals surface area contributed by atoms with Crippen molar-refractivity contribution in [2.45, 2.75) is 18.3 Å². The molecule has 0 atom stereocenters. The number of hydrogen-bond donors (Lipinski definition) is 0. The number of rotatable bonds is 0. The van der Waals surface area contributed by atoms with Crippen LogP contribution in [0.2, 0.25) is 0 Å². The first-order valence-electron chi connectivity index (χ1n) is 11.5. The van der Waals surface area contributed by atoms with Gasteiger partial charge in [0, 0.05) is 10.6 Å². The van der Waals surface area contributed by atoms with Crippen molar-refractivity contribution in [3.63, 3.8) is 0 Å². The first-order valence-corrected chi connectivity index (χ1v) is 11.5. The molecule has 3 aliphatic rings. The molecular formula is C31H21N. The highest BCUT2D eigenvalue weighted by Crippen LogP contribution is 2.59. The van der Waals surface area contributed by atoms with Gasteiger partial charge in [-0.25, -0.2) is 0 Å². The predicted octanol–water partition coefficient (Wildman–Crippen LogP) is 5.68. The van der Waals surface area contributed by atoms with E-state index >= 15 is 0 Å². The van der Waals surface area contributed by atoms with Crippen molar-refractivity contribution in [1.82, 2.24) is 4.57 Å². The van der Waals surface area contributed by atoms with Crippen molar-refractivity contribution in [3.05, 3.63) is 124 Å². The summed E-state index contributed by atoms with van der Waals surface area (Å²) in [5, 5.41) is 4.20. The maximum atomic E-state index is 2.54. The molecule has 0 saturated heterocycles. The van der Waals surface area contributed by atoms with Crippen LogP contribution in [0.3, 0.4) is 0 Å². The molecule has 0 N–H and O–H groups in total. The van der Waals surface area contributed by atoms with E-state index in [9.17, 15) is 0 Å². The van der Waals surface area contributed by atoms with Crippen molar-refractivity contribution in [3.8, 4) is 16.8 Å². The van der Waals surface area contributed by atoms with Crippen LogP contribution in [0.1, 0.15) is 29.5 Å². The quantitative estimate of drug-likeness (QED) is 0.311. The third kappa shape index (κ3) is 1.72. The van der Waals surface area contributed by atoms with Crippen LogP contribution in [-0.4, -0.2) is 4.57 Å². The molecule has 150 valence electrons. The van der Waals surface area contributed by atoms with Crippen LogP contribution in [0.5, 0.6) is 0 Å². The van der Waals surface area contributed by atoms with Crippen LogP contribution in [0.4, 0.5) is 0 Å². The highest BCUT2D eigenvalue weighted by molar-refractivity contribution is 5.96. The van der Waals surface area contributed by atoms with Crippen LogP contribution in [0, 0.1) is 0 Å². The number of nitrogens with zero attached hydrogens (tertiary/aromatic N) is 1. The molecule has 2 heterocycles. The zero-order chi connectivity index (χ0) is 20.9. The van der Waals surface area contributed by atoms with Gasteiger partial charge < -0.3 is 4.57 Å². The van der Waals surface area contributed by atoms with Gasteiger partial charge >= 0.3 is 0 Å². The number of para-hydroxylation sites is 2. The van der Waals surface area contributed by atoms with Gasteiger partial charge in [-0.1, -0.05) is 91.0 Å². The highest BCUT2D eigenvalue weighted by Gasteiger charge is 2.50. The summed E-state index contributed by atoms with van der Waals surface area (Å²) in [5.41, 5.74) is 11.0. The summed E-state index contributed by atoms with van der Waals surface area (Å²) in [7, 11) is 0. The van der Waals surface area contributed by atoms with Crippen LogP contribution in [0.25, 0.3) is 39.4 Å². The second-order valence-electron chi connectivity index (χ2n) is 9.19. The van der Waals surface area contributed by atoms with Crippen molar-refractivity contribution in [1.29, 1.82) is 0 Å². The van der Waals surface area contributed by atoms with Gasteiger partial charge in [0.1, 0.15) is 0 Å². The van der Waals surface area contributed by atoms with E-state index in [0.29, 0.717) is 0 Å². The summed E-state index contributed by atoms with van der Waals surface area (Å²) in [5.74, 6) is 0. The van der Waals surface area contributed by atoms with E-state index < -0.39 is 0 Å². The molecular weight excluding hydrogens is 386 g/mol. The van der Waals surface area contributed by atoms with Crippen molar-refractivity contribution >= 4 is 22.6 Å². The fraction of sp³-hybridized carbons (Fsp3) is 0.0968. The molecule has 0 bridgehead atoms. The molecule has 32 heavy (non-hydrogen) atoms. The Morgan fingerprint density at radius 2 is 1.25 bits per heavy atom. The van der Waals surface area contributed by atoms with Crippen molar-refractivity contribution < 1.29 is 0 Å².